The van der Waals surface area contributed by atoms with Crippen LogP contribution in [-0.4, -0.2) is 33.5 Å². The minimum absolute atomic E-state index is 0.103. The van der Waals surface area contributed by atoms with Gasteiger partial charge >= 0.3 is 0 Å². The van der Waals surface area contributed by atoms with Crippen LogP contribution in [0.1, 0.15) is 49.0 Å². The molecule has 0 radical (unpaired) electrons. The standard InChI is InChI=1S/C18H21ClN4O2S/c1-10-7-14(15(25-2)8-13(10)19)20-16(24)9-26-18-22-21-17(11-3-4-11)23(18)12-5-6-12/h7-8,11-12H,3-6,9H2,1-2H3,(H,20,24). The maximum atomic E-state index is 12.4. The maximum absolute atomic E-state index is 12.4. The number of anilines is 1. The molecule has 1 heterocycles. The molecular weight excluding hydrogens is 372 g/mol. The summed E-state index contributed by atoms with van der Waals surface area (Å²) in [4.78, 5) is 12.4. The van der Waals surface area contributed by atoms with Crippen molar-refractivity contribution >= 4 is 35.0 Å². The molecule has 0 saturated heterocycles. The zero-order valence-electron chi connectivity index (χ0n) is 14.8. The maximum Gasteiger partial charge on any atom is 0.234 e. The Morgan fingerprint density at radius 2 is 2.12 bits per heavy atom. The highest BCUT2D eigenvalue weighted by Crippen LogP contribution is 2.46. The van der Waals surface area contributed by atoms with E-state index in [1.54, 1.807) is 13.2 Å². The number of methoxy groups -OCH3 is 1. The van der Waals surface area contributed by atoms with Crippen molar-refractivity contribution in [2.45, 2.75) is 49.7 Å². The van der Waals surface area contributed by atoms with Crippen LogP contribution in [0.2, 0.25) is 5.02 Å². The van der Waals surface area contributed by atoms with Gasteiger partial charge in [0.15, 0.2) is 5.16 Å². The van der Waals surface area contributed by atoms with E-state index in [9.17, 15) is 4.79 Å². The molecule has 0 unspecified atom stereocenters. The van der Waals surface area contributed by atoms with Crippen LogP contribution < -0.4 is 10.1 Å². The Morgan fingerprint density at radius 3 is 2.77 bits per heavy atom. The second-order valence-electron chi connectivity index (χ2n) is 6.85. The number of thioether (sulfide) groups is 1. The van der Waals surface area contributed by atoms with Gasteiger partial charge in [-0.3, -0.25) is 4.79 Å². The normalized spacial score (nSPS) is 16.6. The summed E-state index contributed by atoms with van der Waals surface area (Å²) < 4.78 is 7.56. The molecule has 1 aromatic carbocycles. The van der Waals surface area contributed by atoms with Crippen molar-refractivity contribution in [1.29, 1.82) is 0 Å². The fourth-order valence-electron chi connectivity index (χ4n) is 2.93. The largest absolute Gasteiger partial charge is 0.495 e. The highest BCUT2D eigenvalue weighted by atomic mass is 35.5. The molecule has 0 spiro atoms. The van der Waals surface area contributed by atoms with Crippen molar-refractivity contribution in [1.82, 2.24) is 14.8 Å². The SMILES string of the molecule is COc1cc(Cl)c(C)cc1NC(=O)CSc1nnc(C2CC2)n1C1CC1. The first-order valence-electron chi connectivity index (χ1n) is 8.78. The minimum atomic E-state index is -0.103. The molecule has 2 aliphatic carbocycles. The van der Waals surface area contributed by atoms with Gasteiger partial charge in [-0.2, -0.15) is 0 Å². The molecule has 8 heteroatoms. The van der Waals surface area contributed by atoms with E-state index in [2.05, 4.69) is 20.1 Å². The molecule has 2 aliphatic rings. The van der Waals surface area contributed by atoms with E-state index in [-0.39, 0.29) is 11.7 Å². The Balaban J connectivity index is 1.43. The topological polar surface area (TPSA) is 69.0 Å². The lowest BCUT2D eigenvalue weighted by Crippen LogP contribution is -2.15. The number of nitrogens with one attached hydrogen (secondary N) is 1. The Hall–Kier alpha value is -1.73. The third-order valence-electron chi connectivity index (χ3n) is 4.63. The average molecular weight is 393 g/mol. The van der Waals surface area contributed by atoms with E-state index in [0.29, 0.717) is 28.4 Å². The quantitative estimate of drug-likeness (QED) is 0.715. The van der Waals surface area contributed by atoms with Gasteiger partial charge in [0.25, 0.3) is 0 Å². The van der Waals surface area contributed by atoms with Crippen molar-refractivity contribution in [2.24, 2.45) is 0 Å². The highest BCUT2D eigenvalue weighted by molar-refractivity contribution is 7.99. The number of carbonyl (C=O) groups is 1. The summed E-state index contributed by atoms with van der Waals surface area (Å²) in [6, 6.07) is 4.05. The number of hydrogen-bond donors (Lipinski definition) is 1. The molecular formula is C18H21ClN4O2S. The van der Waals surface area contributed by atoms with Crippen LogP contribution in [0.15, 0.2) is 17.3 Å². The Labute approximate surface area is 161 Å². The number of halogens is 1. The van der Waals surface area contributed by atoms with Crippen LogP contribution in [0.25, 0.3) is 0 Å². The van der Waals surface area contributed by atoms with Crippen LogP contribution in [0, 0.1) is 6.92 Å². The van der Waals surface area contributed by atoms with Crippen LogP contribution >= 0.6 is 23.4 Å². The van der Waals surface area contributed by atoms with Gasteiger partial charge in [0.1, 0.15) is 11.6 Å². The van der Waals surface area contributed by atoms with Crippen molar-refractivity contribution in [3.63, 3.8) is 0 Å². The molecule has 1 amide bonds. The molecule has 138 valence electrons. The third-order valence-corrected chi connectivity index (χ3v) is 5.98. The summed E-state index contributed by atoms with van der Waals surface area (Å²) >= 11 is 7.55. The van der Waals surface area contributed by atoms with E-state index in [1.807, 2.05) is 13.0 Å². The molecule has 4 rings (SSSR count). The number of amides is 1. The van der Waals surface area contributed by atoms with Gasteiger partial charge in [-0.15, -0.1) is 10.2 Å². The predicted octanol–water partition coefficient (Wildman–Crippen LogP) is 4.19. The van der Waals surface area contributed by atoms with Crippen LogP contribution in [0.4, 0.5) is 5.69 Å². The molecule has 1 N–H and O–H groups in total. The van der Waals surface area contributed by atoms with Crippen LogP contribution in [0.3, 0.4) is 0 Å². The molecule has 2 fully saturated rings. The van der Waals surface area contributed by atoms with Crippen molar-refractivity contribution in [2.75, 3.05) is 18.2 Å². The fourth-order valence-corrected chi connectivity index (χ4v) is 3.90. The zero-order chi connectivity index (χ0) is 18.3. The Morgan fingerprint density at radius 1 is 1.35 bits per heavy atom. The molecule has 0 aliphatic heterocycles. The summed E-state index contributed by atoms with van der Waals surface area (Å²) in [6.45, 7) is 1.89. The van der Waals surface area contributed by atoms with Gasteiger partial charge < -0.3 is 14.6 Å². The number of nitrogens with zero attached hydrogens (tertiary/aromatic N) is 3. The third kappa shape index (κ3) is 3.69. The Bertz CT molecular complexity index is 846. The monoisotopic (exact) mass is 392 g/mol. The number of ether oxygens (including phenoxy) is 1. The minimum Gasteiger partial charge on any atom is -0.495 e. The summed E-state index contributed by atoms with van der Waals surface area (Å²) in [5.41, 5.74) is 1.51. The summed E-state index contributed by atoms with van der Waals surface area (Å²) in [6.07, 6.45) is 4.76. The smallest absolute Gasteiger partial charge is 0.234 e. The van der Waals surface area contributed by atoms with E-state index in [0.717, 1.165) is 16.5 Å². The Kier molecular flexibility index (Phi) is 4.84. The number of carbonyl (C=O) groups excluding carboxylic acids is 1. The lowest BCUT2D eigenvalue weighted by Gasteiger charge is -2.12. The molecule has 0 bridgehead atoms. The fraction of sp³-hybridized carbons (Fsp3) is 0.500. The van der Waals surface area contributed by atoms with Gasteiger partial charge in [-0.1, -0.05) is 23.4 Å². The first kappa shape index (κ1) is 17.7. The summed E-state index contributed by atoms with van der Waals surface area (Å²) in [5.74, 6) is 2.39. The number of rotatable bonds is 7. The van der Waals surface area contributed by atoms with E-state index in [1.165, 1.54) is 37.4 Å². The number of aromatic nitrogens is 3. The van der Waals surface area contributed by atoms with Gasteiger partial charge in [-0.05, 0) is 44.2 Å². The van der Waals surface area contributed by atoms with Crippen molar-refractivity contribution < 1.29 is 9.53 Å². The second-order valence-corrected chi connectivity index (χ2v) is 8.20. The number of aryl methyl sites for hydroxylation is 1. The molecule has 26 heavy (non-hydrogen) atoms. The summed E-state index contributed by atoms with van der Waals surface area (Å²) in [7, 11) is 1.56. The van der Waals surface area contributed by atoms with Gasteiger partial charge in [0.05, 0.1) is 18.6 Å². The van der Waals surface area contributed by atoms with Crippen molar-refractivity contribution in [3.8, 4) is 5.75 Å². The first-order valence-corrected chi connectivity index (χ1v) is 10.1. The average Bonchev–Trinajstić information content (AvgIpc) is 3.54. The van der Waals surface area contributed by atoms with Crippen LogP contribution in [0.5, 0.6) is 5.75 Å². The lowest BCUT2D eigenvalue weighted by molar-refractivity contribution is -0.113. The van der Waals surface area contributed by atoms with Crippen LogP contribution in [-0.2, 0) is 4.79 Å². The molecule has 0 atom stereocenters. The number of hydrogen-bond acceptors (Lipinski definition) is 5. The molecule has 2 aromatic rings. The first-order chi connectivity index (χ1) is 12.6. The van der Waals surface area contributed by atoms with Crippen molar-refractivity contribution in [3.05, 3.63) is 28.5 Å². The van der Waals surface area contributed by atoms with Gasteiger partial charge in [-0.25, -0.2) is 0 Å². The summed E-state index contributed by atoms with van der Waals surface area (Å²) in [5, 5.41) is 13.1. The van der Waals surface area contributed by atoms with E-state index in [4.69, 9.17) is 16.3 Å². The molecule has 6 nitrogen and oxygen atoms in total. The molecule has 2 saturated carbocycles. The number of benzene rings is 1. The van der Waals surface area contributed by atoms with Gasteiger partial charge in [0.2, 0.25) is 5.91 Å². The van der Waals surface area contributed by atoms with E-state index < -0.39 is 0 Å². The zero-order valence-corrected chi connectivity index (χ0v) is 16.4. The second kappa shape index (κ2) is 7.12. The van der Waals surface area contributed by atoms with Gasteiger partial charge in [0, 0.05) is 23.0 Å². The highest BCUT2D eigenvalue weighted by Gasteiger charge is 2.36. The van der Waals surface area contributed by atoms with E-state index >= 15 is 0 Å². The molecule has 1 aromatic heterocycles. The predicted molar refractivity (Wildman–Crippen MR) is 102 cm³/mol. The lowest BCUT2D eigenvalue weighted by atomic mass is 10.2.